The van der Waals surface area contributed by atoms with E-state index in [1.54, 1.807) is 29.1 Å². The van der Waals surface area contributed by atoms with Crippen LogP contribution in [-0.2, 0) is 20.9 Å². The number of likely N-dealkylation sites (N-methyl/N-ethyl adjacent to an activating group) is 1. The van der Waals surface area contributed by atoms with E-state index in [1.807, 2.05) is 24.3 Å². The summed E-state index contributed by atoms with van der Waals surface area (Å²) in [5.41, 5.74) is 0.931. The topological polar surface area (TPSA) is 94.7 Å². The van der Waals surface area contributed by atoms with Crippen LogP contribution in [0.15, 0.2) is 24.3 Å². The second kappa shape index (κ2) is 12.0. The summed E-state index contributed by atoms with van der Waals surface area (Å²) in [5.74, 6) is 0.485. The number of methoxy groups -OCH3 is 1. The first-order valence-corrected chi connectivity index (χ1v) is 12.0. The summed E-state index contributed by atoms with van der Waals surface area (Å²) in [5, 5.41) is 6.08. The molecule has 188 valence electrons. The summed E-state index contributed by atoms with van der Waals surface area (Å²) < 4.78 is 10.8. The Hall–Kier alpha value is -2.85. The van der Waals surface area contributed by atoms with Crippen LogP contribution in [0.5, 0.6) is 5.75 Å². The third kappa shape index (κ3) is 6.18. The monoisotopic (exact) mass is 475 g/mol. The van der Waals surface area contributed by atoms with Crippen LogP contribution in [0, 0.1) is 0 Å². The molecular formula is C24H37N5O5. The first kappa shape index (κ1) is 25.8. The fourth-order valence-electron chi connectivity index (χ4n) is 4.31. The zero-order valence-electron chi connectivity index (χ0n) is 20.7. The maximum atomic E-state index is 13.1. The van der Waals surface area contributed by atoms with Gasteiger partial charge in [0, 0.05) is 26.7 Å². The Bertz CT molecular complexity index is 843. The van der Waals surface area contributed by atoms with E-state index in [1.165, 1.54) is 11.3 Å². The van der Waals surface area contributed by atoms with Gasteiger partial charge >= 0.3 is 6.03 Å². The number of carbonyl (C=O) groups is 3. The predicted molar refractivity (Wildman–Crippen MR) is 127 cm³/mol. The molecule has 3 saturated heterocycles. The third-order valence-corrected chi connectivity index (χ3v) is 6.00. The molecule has 0 aromatic heterocycles. The minimum absolute atomic E-state index is 0.0184. The first-order chi connectivity index (χ1) is 16.4. The average molecular weight is 476 g/mol. The molecule has 0 saturated carbocycles. The molecule has 0 aliphatic carbocycles. The summed E-state index contributed by atoms with van der Waals surface area (Å²) in [6.45, 7) is 6.08. The van der Waals surface area contributed by atoms with E-state index < -0.39 is 6.17 Å². The van der Waals surface area contributed by atoms with Gasteiger partial charge in [-0.1, -0.05) is 32.4 Å². The Labute approximate surface area is 201 Å². The smallest absolute Gasteiger partial charge is 0.334 e. The molecule has 4 amide bonds. The van der Waals surface area contributed by atoms with Crippen molar-refractivity contribution in [3.05, 3.63) is 29.8 Å². The Balaban J connectivity index is 0.00000103. The van der Waals surface area contributed by atoms with Gasteiger partial charge in [0.15, 0.2) is 0 Å². The molecule has 0 spiro atoms. The van der Waals surface area contributed by atoms with E-state index in [2.05, 4.69) is 19.2 Å². The van der Waals surface area contributed by atoms with E-state index in [4.69, 9.17) is 9.47 Å². The number of hydrogen-bond acceptors (Lipinski definition) is 6. The van der Waals surface area contributed by atoms with Gasteiger partial charge in [0.2, 0.25) is 11.8 Å². The number of amides is 4. The normalized spacial score (nSPS) is 22.8. The van der Waals surface area contributed by atoms with Gasteiger partial charge in [0.1, 0.15) is 18.5 Å². The van der Waals surface area contributed by atoms with E-state index in [9.17, 15) is 14.4 Å². The quantitative estimate of drug-likeness (QED) is 0.696. The number of carbonyl (C=O) groups excluding carboxylic acids is 3. The second-order valence-electron chi connectivity index (χ2n) is 8.81. The zero-order valence-corrected chi connectivity index (χ0v) is 20.7. The van der Waals surface area contributed by atoms with Crippen molar-refractivity contribution < 1.29 is 23.9 Å². The number of rotatable bonds is 5. The van der Waals surface area contributed by atoms with Crippen molar-refractivity contribution in [3.63, 3.8) is 0 Å². The van der Waals surface area contributed by atoms with E-state index in [-0.39, 0.29) is 43.6 Å². The molecule has 0 radical (unpaired) electrons. The summed E-state index contributed by atoms with van der Waals surface area (Å²) in [7, 11) is 3.32. The Morgan fingerprint density at radius 3 is 2.47 bits per heavy atom. The van der Waals surface area contributed by atoms with Crippen molar-refractivity contribution in [2.75, 3.05) is 46.9 Å². The molecule has 3 fully saturated rings. The molecule has 2 atom stereocenters. The minimum atomic E-state index is -0.541. The number of nitrogens with one attached hydrogen (secondary N) is 1. The lowest BCUT2D eigenvalue weighted by Gasteiger charge is -2.51. The molecular weight excluding hydrogens is 438 g/mol. The molecule has 34 heavy (non-hydrogen) atoms. The zero-order chi connectivity index (χ0) is 24.7. The van der Waals surface area contributed by atoms with Gasteiger partial charge in [-0.25, -0.2) is 14.8 Å². The standard InChI is InChI=1S/C21H29N5O5.C3H8/c1-23-13-20(28)25-14-19(27)24(11-17-4-3-9-31-17)12-18(25)26(23)21(29)22-10-15-5-7-16(30-2)8-6-15;1-3-2/h5-8,17-18H,3-4,9-14H2,1-2H3,(H,22,29);3H2,1-2H3. The fourth-order valence-corrected chi connectivity index (χ4v) is 4.31. The SMILES string of the molecule is CCC.COc1ccc(CNC(=O)N2C3CN(CC4CCCO4)C(=O)CN3C(=O)CN2C)cc1. The van der Waals surface area contributed by atoms with Crippen molar-refractivity contribution in [1.82, 2.24) is 25.1 Å². The molecule has 2 unspecified atom stereocenters. The summed E-state index contributed by atoms with van der Waals surface area (Å²) in [6, 6.07) is 7.14. The van der Waals surface area contributed by atoms with Crippen LogP contribution in [0.1, 0.15) is 38.7 Å². The van der Waals surface area contributed by atoms with Gasteiger partial charge in [-0.15, -0.1) is 0 Å². The van der Waals surface area contributed by atoms with Gasteiger partial charge in [0.05, 0.1) is 26.3 Å². The highest BCUT2D eigenvalue weighted by molar-refractivity contribution is 5.89. The molecule has 1 aromatic carbocycles. The van der Waals surface area contributed by atoms with Crippen LogP contribution in [-0.4, -0.2) is 96.9 Å². The molecule has 1 aromatic rings. The Morgan fingerprint density at radius 2 is 1.85 bits per heavy atom. The number of nitrogens with zero attached hydrogens (tertiary/aromatic N) is 4. The number of urea groups is 1. The van der Waals surface area contributed by atoms with Gasteiger partial charge < -0.3 is 24.6 Å². The number of fused-ring (bicyclic) bond motifs is 1. The highest BCUT2D eigenvalue weighted by Gasteiger charge is 2.46. The Kier molecular flexibility index (Phi) is 9.12. The average Bonchev–Trinajstić information content (AvgIpc) is 3.33. The Morgan fingerprint density at radius 1 is 1.15 bits per heavy atom. The third-order valence-electron chi connectivity index (χ3n) is 6.00. The van der Waals surface area contributed by atoms with Crippen molar-refractivity contribution in [1.29, 1.82) is 0 Å². The van der Waals surface area contributed by atoms with Crippen LogP contribution in [0.25, 0.3) is 0 Å². The van der Waals surface area contributed by atoms with E-state index in [0.717, 1.165) is 24.2 Å². The molecule has 3 aliphatic rings. The lowest BCUT2D eigenvalue weighted by molar-refractivity contribution is -0.179. The predicted octanol–water partition coefficient (Wildman–Crippen LogP) is 1.66. The molecule has 3 aliphatic heterocycles. The van der Waals surface area contributed by atoms with Gasteiger partial charge in [0.25, 0.3) is 0 Å². The van der Waals surface area contributed by atoms with Gasteiger partial charge in [-0.3, -0.25) is 9.59 Å². The number of ether oxygens (including phenoxy) is 2. The van der Waals surface area contributed by atoms with E-state index >= 15 is 0 Å². The van der Waals surface area contributed by atoms with Crippen molar-refractivity contribution in [2.24, 2.45) is 0 Å². The molecule has 0 bridgehead atoms. The lowest BCUT2D eigenvalue weighted by atomic mass is 10.1. The molecule has 1 N–H and O–H groups in total. The highest BCUT2D eigenvalue weighted by Crippen LogP contribution is 2.23. The molecule has 10 heteroatoms. The van der Waals surface area contributed by atoms with E-state index in [0.29, 0.717) is 19.7 Å². The van der Waals surface area contributed by atoms with Gasteiger partial charge in [-0.2, -0.15) is 0 Å². The fraction of sp³-hybridized carbons (Fsp3) is 0.625. The number of piperazine rings is 1. The summed E-state index contributed by atoms with van der Waals surface area (Å²) >= 11 is 0. The highest BCUT2D eigenvalue weighted by atomic mass is 16.5. The number of hydrazine groups is 1. The van der Waals surface area contributed by atoms with Crippen LogP contribution >= 0.6 is 0 Å². The van der Waals surface area contributed by atoms with Crippen LogP contribution in [0.3, 0.4) is 0 Å². The number of hydrogen-bond donors (Lipinski definition) is 1. The second-order valence-corrected chi connectivity index (χ2v) is 8.81. The van der Waals surface area contributed by atoms with Crippen LogP contribution in [0.4, 0.5) is 4.79 Å². The maximum absolute atomic E-state index is 13.1. The molecule has 4 rings (SSSR count). The van der Waals surface area contributed by atoms with Gasteiger partial charge in [-0.05, 0) is 30.5 Å². The first-order valence-electron chi connectivity index (χ1n) is 12.0. The minimum Gasteiger partial charge on any atom is -0.497 e. The largest absolute Gasteiger partial charge is 0.497 e. The lowest BCUT2D eigenvalue weighted by Crippen LogP contribution is -2.73. The maximum Gasteiger partial charge on any atom is 0.334 e. The van der Waals surface area contributed by atoms with Crippen molar-refractivity contribution in [3.8, 4) is 5.75 Å². The van der Waals surface area contributed by atoms with Crippen molar-refractivity contribution >= 4 is 17.8 Å². The number of benzene rings is 1. The van der Waals surface area contributed by atoms with Crippen LogP contribution < -0.4 is 10.1 Å². The van der Waals surface area contributed by atoms with Crippen molar-refractivity contribution in [2.45, 2.75) is 51.9 Å². The molecule has 3 heterocycles. The summed E-state index contributed by atoms with van der Waals surface area (Å²) in [6.07, 6.45) is 2.64. The molecule has 10 nitrogen and oxygen atoms in total. The summed E-state index contributed by atoms with van der Waals surface area (Å²) in [4.78, 5) is 41.5. The van der Waals surface area contributed by atoms with Crippen LogP contribution in [0.2, 0.25) is 0 Å².